The number of rotatable bonds is 6. The third-order valence-electron chi connectivity index (χ3n) is 5.01. The van der Waals surface area contributed by atoms with Gasteiger partial charge in [0.2, 0.25) is 0 Å². The van der Waals surface area contributed by atoms with Crippen molar-refractivity contribution in [2.45, 2.75) is 68.6 Å². The predicted octanol–water partition coefficient (Wildman–Crippen LogP) is 4.72. The quantitative estimate of drug-likeness (QED) is 0.658. The summed E-state index contributed by atoms with van der Waals surface area (Å²) >= 11 is 0.729. The molecular weight excluding hydrogens is 430 g/mol. The van der Waals surface area contributed by atoms with Crippen molar-refractivity contribution in [1.29, 1.82) is 0 Å². The van der Waals surface area contributed by atoms with E-state index in [9.17, 15) is 22.9 Å². The van der Waals surface area contributed by atoms with Crippen LogP contribution >= 0.6 is 11.3 Å². The van der Waals surface area contributed by atoms with Gasteiger partial charge >= 0.3 is 0 Å². The van der Waals surface area contributed by atoms with Gasteiger partial charge in [-0.1, -0.05) is 13.8 Å². The molecule has 0 spiro atoms. The van der Waals surface area contributed by atoms with E-state index in [0.717, 1.165) is 35.8 Å². The second-order valence-corrected chi connectivity index (χ2v) is 11.6. The lowest BCUT2D eigenvalue weighted by Crippen LogP contribution is -2.17. The van der Waals surface area contributed by atoms with Crippen molar-refractivity contribution in [1.82, 2.24) is 0 Å². The molecule has 30 heavy (non-hydrogen) atoms. The normalized spacial score (nSPS) is 16.6. The molecule has 9 heteroatoms. The summed E-state index contributed by atoms with van der Waals surface area (Å²) in [4.78, 5) is 12.9. The van der Waals surface area contributed by atoms with Gasteiger partial charge in [0.05, 0.1) is 12.0 Å². The molecule has 2 aromatic rings. The summed E-state index contributed by atoms with van der Waals surface area (Å²) in [7, 11) is -3.82. The average Bonchev–Trinajstić information content (AvgIpc) is 3.35. The van der Waals surface area contributed by atoms with Crippen LogP contribution in [0.25, 0.3) is 0 Å². The molecule has 1 aliphatic carbocycles. The Morgan fingerprint density at radius 2 is 1.97 bits per heavy atom. The Morgan fingerprint density at radius 1 is 1.33 bits per heavy atom. The molecule has 0 radical (unpaired) electrons. The molecule has 3 rings (SSSR count). The SMILES string of the molecule is CC(C)c1cc(F)cc(C2CC2)c1CC(=O)N=S(N)(=O)c1sc(C(C)(C)O)cc1F. The minimum atomic E-state index is -3.82. The van der Waals surface area contributed by atoms with Gasteiger partial charge in [0, 0.05) is 4.88 Å². The number of nitrogens with two attached hydrogens (primary N) is 1. The van der Waals surface area contributed by atoms with Crippen LogP contribution in [0.4, 0.5) is 8.78 Å². The molecule has 0 saturated heterocycles. The summed E-state index contributed by atoms with van der Waals surface area (Å²) < 4.78 is 44.6. The highest BCUT2D eigenvalue weighted by Crippen LogP contribution is 2.44. The Morgan fingerprint density at radius 3 is 2.47 bits per heavy atom. The van der Waals surface area contributed by atoms with E-state index in [1.165, 1.54) is 26.0 Å². The molecule has 1 aromatic carbocycles. The summed E-state index contributed by atoms with van der Waals surface area (Å²) in [5, 5.41) is 15.8. The van der Waals surface area contributed by atoms with Crippen LogP contribution in [0.3, 0.4) is 0 Å². The molecule has 1 saturated carbocycles. The molecular formula is C21H26F2N2O3S2. The first kappa shape index (κ1) is 23.0. The van der Waals surface area contributed by atoms with Gasteiger partial charge in [-0.3, -0.25) is 4.79 Å². The fourth-order valence-electron chi connectivity index (χ4n) is 3.39. The van der Waals surface area contributed by atoms with Crippen molar-refractivity contribution in [3.8, 4) is 0 Å². The zero-order valence-electron chi connectivity index (χ0n) is 17.4. The third kappa shape index (κ3) is 4.96. The highest BCUT2D eigenvalue weighted by atomic mass is 32.2. The Hall–Kier alpha value is -1.68. The molecule has 3 N–H and O–H groups in total. The smallest absolute Gasteiger partial charge is 0.259 e. The molecule has 5 nitrogen and oxygen atoms in total. The highest BCUT2D eigenvalue weighted by molar-refractivity contribution is 7.93. The maximum absolute atomic E-state index is 14.3. The molecule has 1 fully saturated rings. The van der Waals surface area contributed by atoms with Crippen molar-refractivity contribution in [3.63, 3.8) is 0 Å². The molecule has 1 atom stereocenters. The Kier molecular flexibility index (Phi) is 6.21. The molecule has 0 bridgehead atoms. The third-order valence-corrected chi connectivity index (χ3v) is 8.40. The second kappa shape index (κ2) is 8.11. The number of nitrogens with zero attached hydrogens (tertiary/aromatic N) is 1. The van der Waals surface area contributed by atoms with Gasteiger partial charge in [0.1, 0.15) is 5.82 Å². The van der Waals surface area contributed by atoms with Crippen LogP contribution in [-0.4, -0.2) is 15.2 Å². The van der Waals surface area contributed by atoms with E-state index in [4.69, 9.17) is 5.14 Å². The fourth-order valence-corrected chi connectivity index (χ4v) is 5.80. The number of hydrogen-bond donors (Lipinski definition) is 2. The lowest BCUT2D eigenvalue weighted by atomic mass is 9.89. The van der Waals surface area contributed by atoms with E-state index >= 15 is 0 Å². The number of benzene rings is 1. The van der Waals surface area contributed by atoms with Crippen molar-refractivity contribution in [2.75, 3.05) is 0 Å². The topological polar surface area (TPSA) is 92.8 Å². The van der Waals surface area contributed by atoms with Crippen LogP contribution < -0.4 is 5.14 Å². The van der Waals surface area contributed by atoms with E-state index in [0.29, 0.717) is 11.1 Å². The second-order valence-electron chi connectivity index (χ2n) is 8.53. The Labute approximate surface area is 179 Å². The van der Waals surface area contributed by atoms with E-state index in [1.54, 1.807) is 0 Å². The first-order chi connectivity index (χ1) is 13.8. The molecule has 1 aliphatic rings. The highest BCUT2D eigenvalue weighted by Gasteiger charge is 2.30. The summed E-state index contributed by atoms with van der Waals surface area (Å²) in [6.45, 7) is 6.73. The first-order valence-corrected chi connectivity index (χ1v) is 12.1. The summed E-state index contributed by atoms with van der Waals surface area (Å²) in [5.74, 6) is -1.80. The van der Waals surface area contributed by atoms with Crippen LogP contribution in [0, 0.1) is 11.6 Å². The van der Waals surface area contributed by atoms with Crippen molar-refractivity contribution in [2.24, 2.45) is 9.50 Å². The van der Waals surface area contributed by atoms with Gasteiger partial charge in [-0.2, -0.15) is 0 Å². The molecule has 1 aromatic heterocycles. The number of carbonyl (C=O) groups excluding carboxylic acids is 1. The standard InChI is InChI=1S/C21H26F2N2O3S2/c1-11(2)14-7-13(22)8-15(12-5-6-12)16(14)9-19(26)25-30(24,28)20-17(23)10-18(29-20)21(3,4)27/h7-8,10-12,27H,5-6,9H2,1-4H3,(H2,24,25,26,28). The van der Waals surface area contributed by atoms with Crippen LogP contribution in [0.2, 0.25) is 0 Å². The Balaban J connectivity index is 1.98. The molecule has 1 unspecified atom stereocenters. The molecule has 1 amide bonds. The fraction of sp³-hybridized carbons (Fsp3) is 0.476. The van der Waals surface area contributed by atoms with Gasteiger partial charge in [-0.25, -0.2) is 18.1 Å². The molecule has 0 aliphatic heterocycles. The van der Waals surface area contributed by atoms with Crippen molar-refractivity contribution < 1.29 is 22.9 Å². The van der Waals surface area contributed by atoms with Crippen molar-refractivity contribution in [3.05, 3.63) is 51.4 Å². The van der Waals surface area contributed by atoms with E-state index < -0.39 is 27.2 Å². The number of hydrogen-bond acceptors (Lipinski definition) is 4. The van der Waals surface area contributed by atoms with Crippen LogP contribution in [0.15, 0.2) is 26.8 Å². The van der Waals surface area contributed by atoms with E-state index in [-0.39, 0.29) is 33.2 Å². The lowest BCUT2D eigenvalue weighted by molar-refractivity contribution is -0.117. The number of thiophene rings is 1. The summed E-state index contributed by atoms with van der Waals surface area (Å²) in [5.41, 5.74) is 0.817. The van der Waals surface area contributed by atoms with Crippen LogP contribution in [0.5, 0.6) is 0 Å². The van der Waals surface area contributed by atoms with Gasteiger partial charge < -0.3 is 5.11 Å². The van der Waals surface area contributed by atoms with Crippen LogP contribution in [0.1, 0.15) is 73.9 Å². The lowest BCUT2D eigenvalue weighted by Gasteiger charge is -2.17. The molecule has 1 heterocycles. The van der Waals surface area contributed by atoms with Crippen LogP contribution in [-0.2, 0) is 26.7 Å². The summed E-state index contributed by atoms with van der Waals surface area (Å²) in [6, 6.07) is 3.91. The minimum Gasteiger partial charge on any atom is -0.385 e. The van der Waals surface area contributed by atoms with E-state index in [1.807, 2.05) is 13.8 Å². The van der Waals surface area contributed by atoms with Gasteiger partial charge in [-0.05, 0) is 73.4 Å². The van der Waals surface area contributed by atoms with Gasteiger partial charge in [-0.15, -0.1) is 15.7 Å². The Bertz CT molecular complexity index is 1080. The van der Waals surface area contributed by atoms with Gasteiger partial charge in [0.25, 0.3) is 5.91 Å². The van der Waals surface area contributed by atoms with Crippen molar-refractivity contribution >= 4 is 27.2 Å². The number of aliphatic hydroxyl groups is 1. The minimum absolute atomic E-state index is 0.0210. The first-order valence-electron chi connectivity index (χ1n) is 9.71. The maximum atomic E-state index is 14.3. The zero-order chi connectivity index (χ0) is 22.4. The number of halogens is 2. The monoisotopic (exact) mass is 456 g/mol. The number of carbonyl (C=O) groups is 1. The summed E-state index contributed by atoms with van der Waals surface area (Å²) in [6.07, 6.45) is 1.67. The predicted molar refractivity (Wildman–Crippen MR) is 114 cm³/mol. The zero-order valence-corrected chi connectivity index (χ0v) is 19.0. The molecule has 164 valence electrons. The number of amides is 1. The maximum Gasteiger partial charge on any atom is 0.259 e. The average molecular weight is 457 g/mol. The van der Waals surface area contributed by atoms with Gasteiger partial charge in [0.15, 0.2) is 19.9 Å². The largest absolute Gasteiger partial charge is 0.385 e. The van der Waals surface area contributed by atoms with E-state index in [2.05, 4.69) is 4.36 Å².